The molecule has 2 N–H and O–H groups in total. The van der Waals surface area contributed by atoms with Crippen molar-refractivity contribution in [1.82, 2.24) is 9.55 Å². The number of rotatable bonds is 3. The summed E-state index contributed by atoms with van der Waals surface area (Å²) in [5, 5.41) is 0. The summed E-state index contributed by atoms with van der Waals surface area (Å²) in [5.74, 6) is -0.846. The van der Waals surface area contributed by atoms with Crippen LogP contribution in [0.4, 0.5) is 18.9 Å². The third-order valence-corrected chi connectivity index (χ3v) is 3.27. The van der Waals surface area contributed by atoms with Crippen LogP contribution in [0, 0.1) is 0 Å². The maximum absolute atomic E-state index is 13.1. The first kappa shape index (κ1) is 13.7. The largest absolute Gasteiger partial charge is 0.449 e. The zero-order valence-electron chi connectivity index (χ0n) is 10.8. The molecular formula is C13H16F3N3. The Hall–Kier alpha value is -1.72. The van der Waals surface area contributed by atoms with Crippen molar-refractivity contribution in [2.75, 3.05) is 5.73 Å². The van der Waals surface area contributed by atoms with Gasteiger partial charge in [0.15, 0.2) is 0 Å². The average Bonchev–Trinajstić information content (AvgIpc) is 2.69. The van der Waals surface area contributed by atoms with Gasteiger partial charge in [-0.2, -0.15) is 13.2 Å². The number of hydrogen-bond acceptors (Lipinski definition) is 2. The van der Waals surface area contributed by atoms with Gasteiger partial charge < -0.3 is 10.3 Å². The van der Waals surface area contributed by atoms with Gasteiger partial charge in [0.1, 0.15) is 0 Å². The number of alkyl halides is 3. The van der Waals surface area contributed by atoms with Gasteiger partial charge in [-0.05, 0) is 31.0 Å². The standard InChI is InChI=1S/C13H16F3N3/c1-3-9(4-2)19-11-6-5-8(17)7-10(11)18-12(19)13(14,15)16/h5-7,9H,3-4,17H2,1-2H3. The van der Waals surface area contributed by atoms with Gasteiger partial charge in [0, 0.05) is 11.7 Å². The van der Waals surface area contributed by atoms with Gasteiger partial charge in [-0.1, -0.05) is 13.8 Å². The Kier molecular flexibility index (Phi) is 3.43. The summed E-state index contributed by atoms with van der Waals surface area (Å²) in [6.07, 6.45) is -3.22. The first-order valence-electron chi connectivity index (χ1n) is 6.23. The molecule has 6 heteroatoms. The Morgan fingerprint density at radius 1 is 1.26 bits per heavy atom. The number of nitrogen functional groups attached to an aromatic ring is 1. The van der Waals surface area contributed by atoms with Crippen molar-refractivity contribution in [2.24, 2.45) is 0 Å². The molecule has 1 aromatic heterocycles. The number of hydrogen-bond donors (Lipinski definition) is 1. The predicted octanol–water partition coefficient (Wildman–Crippen LogP) is 4.00. The minimum atomic E-state index is -4.46. The molecule has 0 amide bonds. The SMILES string of the molecule is CCC(CC)n1c(C(F)(F)F)nc2cc(N)ccc21. The summed E-state index contributed by atoms with van der Waals surface area (Å²) >= 11 is 0. The lowest BCUT2D eigenvalue weighted by atomic mass is 10.1. The number of aromatic nitrogens is 2. The normalized spacial score (nSPS) is 12.5. The van der Waals surface area contributed by atoms with Crippen molar-refractivity contribution in [3.8, 4) is 0 Å². The van der Waals surface area contributed by atoms with Crippen molar-refractivity contribution in [1.29, 1.82) is 0 Å². The molecule has 0 aliphatic heterocycles. The maximum Gasteiger partial charge on any atom is 0.449 e. The molecule has 0 saturated carbocycles. The van der Waals surface area contributed by atoms with E-state index >= 15 is 0 Å². The number of anilines is 1. The fourth-order valence-electron chi connectivity index (χ4n) is 2.34. The lowest BCUT2D eigenvalue weighted by Gasteiger charge is -2.19. The van der Waals surface area contributed by atoms with Crippen LogP contribution in [0.1, 0.15) is 38.6 Å². The fraction of sp³-hybridized carbons (Fsp3) is 0.462. The van der Waals surface area contributed by atoms with E-state index in [1.165, 1.54) is 10.6 Å². The van der Waals surface area contributed by atoms with E-state index in [1.807, 2.05) is 13.8 Å². The van der Waals surface area contributed by atoms with E-state index in [0.29, 0.717) is 29.6 Å². The summed E-state index contributed by atoms with van der Waals surface area (Å²) in [7, 11) is 0. The van der Waals surface area contributed by atoms with Crippen LogP contribution in [0.25, 0.3) is 11.0 Å². The summed E-state index contributed by atoms with van der Waals surface area (Å²) in [5.41, 5.74) is 6.79. The average molecular weight is 271 g/mol. The van der Waals surface area contributed by atoms with E-state index in [4.69, 9.17) is 5.73 Å². The lowest BCUT2D eigenvalue weighted by Crippen LogP contribution is -2.18. The Morgan fingerprint density at radius 3 is 2.42 bits per heavy atom. The molecule has 0 aliphatic carbocycles. The minimum absolute atomic E-state index is 0.217. The van der Waals surface area contributed by atoms with Crippen LogP contribution in [-0.2, 0) is 6.18 Å². The molecule has 0 spiro atoms. The first-order valence-corrected chi connectivity index (χ1v) is 6.23. The number of imidazole rings is 1. The van der Waals surface area contributed by atoms with Gasteiger partial charge in [-0.15, -0.1) is 0 Å². The van der Waals surface area contributed by atoms with Gasteiger partial charge in [0.05, 0.1) is 11.0 Å². The Balaban J connectivity index is 2.75. The van der Waals surface area contributed by atoms with E-state index in [2.05, 4.69) is 4.98 Å². The first-order chi connectivity index (χ1) is 8.88. The molecule has 0 bridgehead atoms. The molecule has 104 valence electrons. The van der Waals surface area contributed by atoms with Crippen LogP contribution in [-0.4, -0.2) is 9.55 Å². The minimum Gasteiger partial charge on any atom is -0.399 e. The van der Waals surface area contributed by atoms with Gasteiger partial charge in [-0.25, -0.2) is 4.98 Å². The molecule has 0 fully saturated rings. The second-order valence-corrected chi connectivity index (χ2v) is 4.52. The van der Waals surface area contributed by atoms with Crippen LogP contribution >= 0.6 is 0 Å². The quantitative estimate of drug-likeness (QED) is 0.857. The van der Waals surface area contributed by atoms with Crippen LogP contribution in [0.15, 0.2) is 18.2 Å². The molecule has 1 aromatic carbocycles. The highest BCUT2D eigenvalue weighted by molar-refractivity contribution is 5.80. The van der Waals surface area contributed by atoms with Crippen LogP contribution in [0.5, 0.6) is 0 Å². The molecule has 3 nitrogen and oxygen atoms in total. The van der Waals surface area contributed by atoms with Crippen LogP contribution in [0.3, 0.4) is 0 Å². The second kappa shape index (κ2) is 4.75. The zero-order chi connectivity index (χ0) is 14.2. The molecule has 1 heterocycles. The Morgan fingerprint density at radius 2 is 1.89 bits per heavy atom. The molecule has 2 rings (SSSR count). The van der Waals surface area contributed by atoms with E-state index in [9.17, 15) is 13.2 Å². The highest BCUT2D eigenvalue weighted by Crippen LogP contribution is 2.35. The summed E-state index contributed by atoms with van der Waals surface area (Å²) in [6, 6.07) is 4.46. The van der Waals surface area contributed by atoms with Crippen molar-refractivity contribution >= 4 is 16.7 Å². The van der Waals surface area contributed by atoms with Crippen molar-refractivity contribution < 1.29 is 13.2 Å². The third kappa shape index (κ3) is 2.39. The summed E-state index contributed by atoms with van der Waals surface area (Å²) in [4.78, 5) is 3.72. The second-order valence-electron chi connectivity index (χ2n) is 4.52. The molecule has 0 radical (unpaired) electrons. The van der Waals surface area contributed by atoms with E-state index in [1.54, 1.807) is 12.1 Å². The number of nitrogens with zero attached hydrogens (tertiary/aromatic N) is 2. The lowest BCUT2D eigenvalue weighted by molar-refractivity contribution is -0.147. The maximum atomic E-state index is 13.1. The van der Waals surface area contributed by atoms with Crippen molar-refractivity contribution in [2.45, 2.75) is 38.9 Å². The molecule has 0 unspecified atom stereocenters. The third-order valence-electron chi connectivity index (χ3n) is 3.27. The number of fused-ring (bicyclic) bond motifs is 1. The predicted molar refractivity (Wildman–Crippen MR) is 68.8 cm³/mol. The van der Waals surface area contributed by atoms with Crippen molar-refractivity contribution in [3.05, 3.63) is 24.0 Å². The molecular weight excluding hydrogens is 255 g/mol. The summed E-state index contributed by atoms with van der Waals surface area (Å²) < 4.78 is 40.6. The number of benzene rings is 1. The highest BCUT2D eigenvalue weighted by atomic mass is 19.4. The summed E-state index contributed by atoms with van der Waals surface area (Å²) in [6.45, 7) is 3.74. The number of nitrogens with two attached hydrogens (primary N) is 1. The molecule has 19 heavy (non-hydrogen) atoms. The van der Waals surface area contributed by atoms with Gasteiger partial charge >= 0.3 is 6.18 Å². The monoisotopic (exact) mass is 271 g/mol. The van der Waals surface area contributed by atoms with E-state index in [-0.39, 0.29) is 6.04 Å². The molecule has 0 saturated heterocycles. The highest BCUT2D eigenvalue weighted by Gasteiger charge is 2.38. The zero-order valence-corrected chi connectivity index (χ0v) is 10.8. The van der Waals surface area contributed by atoms with E-state index in [0.717, 1.165) is 0 Å². The van der Waals surface area contributed by atoms with Crippen molar-refractivity contribution in [3.63, 3.8) is 0 Å². The van der Waals surface area contributed by atoms with E-state index < -0.39 is 12.0 Å². The number of halogens is 3. The van der Waals surface area contributed by atoms with Crippen LogP contribution in [0.2, 0.25) is 0 Å². The topological polar surface area (TPSA) is 43.8 Å². The molecule has 0 atom stereocenters. The van der Waals surface area contributed by atoms with Gasteiger partial charge in [-0.3, -0.25) is 0 Å². The Labute approximate surface area is 109 Å². The Bertz CT molecular complexity index is 583. The van der Waals surface area contributed by atoms with Gasteiger partial charge in [0.2, 0.25) is 5.82 Å². The van der Waals surface area contributed by atoms with Crippen LogP contribution < -0.4 is 5.73 Å². The molecule has 2 aromatic rings. The fourth-order valence-corrected chi connectivity index (χ4v) is 2.34. The smallest absolute Gasteiger partial charge is 0.399 e. The molecule has 0 aliphatic rings. The van der Waals surface area contributed by atoms with Gasteiger partial charge in [0.25, 0.3) is 0 Å².